The van der Waals surface area contributed by atoms with Crippen molar-refractivity contribution >= 4 is 0 Å². The molecular weight excluding hydrogens is 300 g/mol. The predicted octanol–water partition coefficient (Wildman–Crippen LogP) is 2.23. The zero-order chi connectivity index (χ0) is 18.5. The second-order valence-corrected chi connectivity index (χ2v) is 6.64. The van der Waals surface area contributed by atoms with Crippen molar-refractivity contribution in [1.82, 2.24) is 9.80 Å². The normalized spacial score (nSPS) is 15.6. The minimum Gasteiger partial charge on any atom is -0.299 e. The van der Waals surface area contributed by atoms with E-state index in [2.05, 4.69) is 34.1 Å². The summed E-state index contributed by atoms with van der Waals surface area (Å²) in [6, 6.07) is 8.93. The van der Waals surface area contributed by atoms with Gasteiger partial charge in [-0.05, 0) is 27.7 Å². The Morgan fingerprint density at radius 1 is 0.542 bits per heavy atom. The zero-order valence-corrected chi connectivity index (χ0v) is 15.2. The summed E-state index contributed by atoms with van der Waals surface area (Å²) in [7, 11) is 0. The van der Waals surface area contributed by atoms with Gasteiger partial charge in [0.2, 0.25) is 0 Å². The third kappa shape index (κ3) is 9.81. The van der Waals surface area contributed by atoms with Crippen molar-refractivity contribution in [3.63, 3.8) is 0 Å². The van der Waals surface area contributed by atoms with Crippen LogP contribution in [-0.2, 0) is 0 Å². The van der Waals surface area contributed by atoms with Crippen LogP contribution in [0.4, 0.5) is 0 Å². The Labute approximate surface area is 146 Å². The standard InChI is InChI=1S/C18H28N6/c1-15(7-19)11-23(12-16(2)8-20)5-6-24(13-17(3)9-21)14-18(4)10-22/h15-18H,5-6,11-14H2,1-4H3. The van der Waals surface area contributed by atoms with E-state index in [4.69, 9.17) is 21.0 Å². The lowest BCUT2D eigenvalue weighted by atomic mass is 10.1. The van der Waals surface area contributed by atoms with Gasteiger partial charge in [0.05, 0.1) is 47.9 Å². The van der Waals surface area contributed by atoms with Crippen LogP contribution < -0.4 is 0 Å². The van der Waals surface area contributed by atoms with Gasteiger partial charge in [-0.3, -0.25) is 9.80 Å². The van der Waals surface area contributed by atoms with Gasteiger partial charge in [-0.2, -0.15) is 21.0 Å². The molecule has 0 spiro atoms. The highest BCUT2D eigenvalue weighted by Crippen LogP contribution is 2.07. The second kappa shape index (κ2) is 12.3. The molecule has 6 heteroatoms. The van der Waals surface area contributed by atoms with Gasteiger partial charge in [-0.25, -0.2) is 0 Å². The Morgan fingerprint density at radius 3 is 0.917 bits per heavy atom. The predicted molar refractivity (Wildman–Crippen MR) is 92.0 cm³/mol. The molecule has 0 saturated carbocycles. The van der Waals surface area contributed by atoms with Gasteiger partial charge in [0, 0.05) is 39.3 Å². The molecule has 0 aromatic heterocycles. The largest absolute Gasteiger partial charge is 0.299 e. The number of rotatable bonds is 11. The van der Waals surface area contributed by atoms with Gasteiger partial charge in [0.1, 0.15) is 0 Å². The molecule has 4 unspecified atom stereocenters. The van der Waals surface area contributed by atoms with Crippen LogP contribution in [0.15, 0.2) is 0 Å². The molecule has 0 aromatic rings. The molecule has 0 rings (SSSR count). The molecule has 6 nitrogen and oxygen atoms in total. The summed E-state index contributed by atoms with van der Waals surface area (Å²) in [6.07, 6.45) is 0. The van der Waals surface area contributed by atoms with Crippen LogP contribution in [-0.4, -0.2) is 49.1 Å². The lowest BCUT2D eigenvalue weighted by Gasteiger charge is -2.30. The van der Waals surface area contributed by atoms with Crippen molar-refractivity contribution in [3.05, 3.63) is 0 Å². The molecule has 0 amide bonds. The SMILES string of the molecule is CC(C#N)CN(CCN(CC(C)C#N)CC(C)C#N)CC(C)C#N. The van der Waals surface area contributed by atoms with E-state index in [1.54, 1.807) is 0 Å². The monoisotopic (exact) mass is 328 g/mol. The van der Waals surface area contributed by atoms with Gasteiger partial charge >= 0.3 is 0 Å². The first-order chi connectivity index (χ1) is 11.4. The highest BCUT2D eigenvalue weighted by atomic mass is 15.2. The third-order valence-electron chi connectivity index (χ3n) is 3.74. The van der Waals surface area contributed by atoms with Crippen molar-refractivity contribution in [1.29, 1.82) is 21.0 Å². The fraction of sp³-hybridized carbons (Fsp3) is 0.778. The van der Waals surface area contributed by atoms with Gasteiger partial charge in [0.15, 0.2) is 0 Å². The van der Waals surface area contributed by atoms with Gasteiger partial charge < -0.3 is 0 Å². The molecule has 0 N–H and O–H groups in total. The Morgan fingerprint density at radius 2 is 0.750 bits per heavy atom. The average Bonchev–Trinajstić information content (AvgIpc) is 2.58. The lowest BCUT2D eigenvalue weighted by molar-refractivity contribution is 0.173. The van der Waals surface area contributed by atoms with E-state index in [0.717, 1.165) is 0 Å². The van der Waals surface area contributed by atoms with E-state index in [0.29, 0.717) is 39.3 Å². The van der Waals surface area contributed by atoms with E-state index in [9.17, 15) is 0 Å². The summed E-state index contributed by atoms with van der Waals surface area (Å²) in [4.78, 5) is 4.26. The first-order valence-electron chi connectivity index (χ1n) is 8.39. The van der Waals surface area contributed by atoms with Crippen LogP contribution in [0.1, 0.15) is 27.7 Å². The minimum atomic E-state index is -0.0968. The van der Waals surface area contributed by atoms with Crippen LogP contribution in [0.3, 0.4) is 0 Å². The van der Waals surface area contributed by atoms with Crippen LogP contribution in [0, 0.1) is 69.0 Å². The Hall–Kier alpha value is -2.12. The number of nitriles is 4. The van der Waals surface area contributed by atoms with E-state index < -0.39 is 0 Å². The zero-order valence-electron chi connectivity index (χ0n) is 15.2. The smallest absolute Gasteiger partial charge is 0.0666 e. The van der Waals surface area contributed by atoms with Crippen molar-refractivity contribution in [2.45, 2.75) is 27.7 Å². The van der Waals surface area contributed by atoms with Gasteiger partial charge in [-0.15, -0.1) is 0 Å². The molecule has 24 heavy (non-hydrogen) atoms. The molecule has 0 aliphatic heterocycles. The van der Waals surface area contributed by atoms with Crippen molar-refractivity contribution in [2.24, 2.45) is 23.7 Å². The molecule has 0 aliphatic rings. The molecule has 0 fully saturated rings. The van der Waals surface area contributed by atoms with E-state index in [1.807, 2.05) is 27.7 Å². The van der Waals surface area contributed by atoms with E-state index in [1.165, 1.54) is 0 Å². The van der Waals surface area contributed by atoms with Crippen LogP contribution >= 0.6 is 0 Å². The van der Waals surface area contributed by atoms with Crippen LogP contribution in [0.25, 0.3) is 0 Å². The first kappa shape index (κ1) is 21.9. The summed E-state index contributed by atoms with van der Waals surface area (Å²) in [5.74, 6) is -0.387. The number of hydrogen-bond acceptors (Lipinski definition) is 6. The second-order valence-electron chi connectivity index (χ2n) is 6.64. The maximum absolute atomic E-state index is 9.03. The molecular formula is C18H28N6. The first-order valence-corrected chi connectivity index (χ1v) is 8.39. The van der Waals surface area contributed by atoms with Crippen molar-refractivity contribution in [2.75, 3.05) is 39.3 Å². The fourth-order valence-corrected chi connectivity index (χ4v) is 2.51. The Balaban J connectivity index is 4.81. The quantitative estimate of drug-likeness (QED) is 0.576. The average molecular weight is 328 g/mol. The summed E-state index contributed by atoms with van der Waals surface area (Å²) >= 11 is 0. The maximum Gasteiger partial charge on any atom is 0.0666 e. The molecule has 0 radical (unpaired) electrons. The molecule has 0 saturated heterocycles. The molecule has 4 atom stereocenters. The topological polar surface area (TPSA) is 102 Å². The lowest BCUT2D eigenvalue weighted by Crippen LogP contribution is -2.41. The van der Waals surface area contributed by atoms with Crippen LogP contribution in [0.5, 0.6) is 0 Å². The Bertz CT molecular complexity index is 426. The fourth-order valence-electron chi connectivity index (χ4n) is 2.51. The highest BCUT2D eigenvalue weighted by Gasteiger charge is 2.17. The summed E-state index contributed by atoms with van der Waals surface area (Å²) in [5.41, 5.74) is 0. The van der Waals surface area contributed by atoms with Crippen molar-refractivity contribution < 1.29 is 0 Å². The number of nitrogens with zero attached hydrogens (tertiary/aromatic N) is 6. The maximum atomic E-state index is 9.03. The molecule has 0 aliphatic carbocycles. The summed E-state index contributed by atoms with van der Waals surface area (Å²) in [6.45, 7) is 11.4. The summed E-state index contributed by atoms with van der Waals surface area (Å²) < 4.78 is 0. The molecule has 0 bridgehead atoms. The highest BCUT2D eigenvalue weighted by molar-refractivity contribution is 4.88. The minimum absolute atomic E-state index is 0.0968. The molecule has 130 valence electrons. The van der Waals surface area contributed by atoms with Crippen LogP contribution in [0.2, 0.25) is 0 Å². The third-order valence-corrected chi connectivity index (χ3v) is 3.74. The van der Waals surface area contributed by atoms with Crippen molar-refractivity contribution in [3.8, 4) is 24.3 Å². The molecule has 0 heterocycles. The van der Waals surface area contributed by atoms with Gasteiger partial charge in [0.25, 0.3) is 0 Å². The van der Waals surface area contributed by atoms with Gasteiger partial charge in [-0.1, -0.05) is 0 Å². The van der Waals surface area contributed by atoms with E-state index in [-0.39, 0.29) is 23.7 Å². The molecule has 0 aromatic carbocycles. The van der Waals surface area contributed by atoms with E-state index >= 15 is 0 Å². The summed E-state index contributed by atoms with van der Waals surface area (Å²) in [5, 5.41) is 36.1. The Kier molecular flexibility index (Phi) is 11.2. The number of hydrogen-bond donors (Lipinski definition) is 0.